The molecule has 78 valence electrons. The summed E-state index contributed by atoms with van der Waals surface area (Å²) in [5.74, 6) is 0.227. The Kier molecular flexibility index (Phi) is 4.17. The van der Waals surface area contributed by atoms with Gasteiger partial charge in [-0.2, -0.15) is 0 Å². The number of likely N-dealkylation sites (N-methyl/N-ethyl adjacent to an activating group) is 1. The molecule has 2 nitrogen and oxygen atoms in total. The highest BCUT2D eigenvalue weighted by Gasteiger charge is 2.11. The molecule has 0 aliphatic carbocycles. The second-order valence-electron chi connectivity index (χ2n) is 2.90. The molecule has 0 saturated carbocycles. The third-order valence-electron chi connectivity index (χ3n) is 2.00. The van der Waals surface area contributed by atoms with Crippen molar-refractivity contribution in [1.29, 1.82) is 0 Å². The Morgan fingerprint density at radius 1 is 1.50 bits per heavy atom. The molecule has 1 N–H and O–H groups in total. The van der Waals surface area contributed by atoms with E-state index in [1.807, 2.05) is 7.05 Å². The van der Waals surface area contributed by atoms with Crippen molar-refractivity contribution >= 4 is 11.6 Å². The quantitative estimate of drug-likeness (QED) is 0.836. The molecule has 0 aliphatic heterocycles. The van der Waals surface area contributed by atoms with Crippen LogP contribution in [-0.2, 0) is 6.42 Å². The Balaban J connectivity index is 3.01. The SMILES string of the molecule is CNCCc1c(OC)ccc(F)c1Cl. The normalized spacial score (nSPS) is 10.3. The van der Waals surface area contributed by atoms with E-state index in [1.54, 1.807) is 13.2 Å². The summed E-state index contributed by atoms with van der Waals surface area (Å²) in [6.45, 7) is 0.736. The maximum absolute atomic E-state index is 13.1. The summed E-state index contributed by atoms with van der Waals surface area (Å²) < 4.78 is 18.2. The first-order chi connectivity index (χ1) is 6.70. The molecule has 0 unspecified atom stereocenters. The van der Waals surface area contributed by atoms with Gasteiger partial charge in [-0.25, -0.2) is 4.39 Å². The van der Waals surface area contributed by atoms with E-state index >= 15 is 0 Å². The van der Waals surface area contributed by atoms with E-state index in [1.165, 1.54) is 6.07 Å². The largest absolute Gasteiger partial charge is 0.496 e. The molecule has 0 aliphatic rings. The zero-order valence-electron chi connectivity index (χ0n) is 8.23. The zero-order valence-corrected chi connectivity index (χ0v) is 8.99. The van der Waals surface area contributed by atoms with Gasteiger partial charge in [0.05, 0.1) is 12.1 Å². The zero-order chi connectivity index (χ0) is 10.6. The van der Waals surface area contributed by atoms with E-state index in [4.69, 9.17) is 16.3 Å². The Morgan fingerprint density at radius 3 is 2.79 bits per heavy atom. The lowest BCUT2D eigenvalue weighted by Gasteiger charge is -2.10. The van der Waals surface area contributed by atoms with Gasteiger partial charge in [0.25, 0.3) is 0 Å². The molecule has 1 aromatic rings. The monoisotopic (exact) mass is 217 g/mol. The highest BCUT2D eigenvalue weighted by molar-refractivity contribution is 6.31. The average Bonchev–Trinajstić information content (AvgIpc) is 2.20. The third kappa shape index (κ3) is 2.36. The molecule has 0 saturated heterocycles. The molecule has 0 bridgehead atoms. The molecule has 1 aromatic carbocycles. The van der Waals surface area contributed by atoms with E-state index in [0.29, 0.717) is 17.7 Å². The van der Waals surface area contributed by atoms with Gasteiger partial charge in [-0.3, -0.25) is 0 Å². The van der Waals surface area contributed by atoms with E-state index in [9.17, 15) is 4.39 Å². The fraction of sp³-hybridized carbons (Fsp3) is 0.400. The number of rotatable bonds is 4. The third-order valence-corrected chi connectivity index (χ3v) is 2.41. The minimum atomic E-state index is -0.404. The first kappa shape index (κ1) is 11.3. The highest BCUT2D eigenvalue weighted by Crippen LogP contribution is 2.29. The molecule has 14 heavy (non-hydrogen) atoms. The van der Waals surface area contributed by atoms with E-state index in [-0.39, 0.29) is 5.02 Å². The molecular weight excluding hydrogens is 205 g/mol. The summed E-state index contributed by atoms with van der Waals surface area (Å²) >= 11 is 5.83. The fourth-order valence-corrected chi connectivity index (χ4v) is 1.50. The van der Waals surface area contributed by atoms with Gasteiger partial charge in [0, 0.05) is 5.56 Å². The van der Waals surface area contributed by atoms with Crippen LogP contribution in [0.25, 0.3) is 0 Å². The van der Waals surface area contributed by atoms with Gasteiger partial charge < -0.3 is 10.1 Å². The van der Waals surface area contributed by atoms with Crippen LogP contribution in [0.15, 0.2) is 12.1 Å². The summed E-state index contributed by atoms with van der Waals surface area (Å²) in [7, 11) is 3.38. The van der Waals surface area contributed by atoms with Crippen molar-refractivity contribution < 1.29 is 9.13 Å². The minimum Gasteiger partial charge on any atom is -0.496 e. The fourth-order valence-electron chi connectivity index (χ4n) is 1.25. The Bertz CT molecular complexity index is 317. The van der Waals surface area contributed by atoms with Crippen LogP contribution in [0.1, 0.15) is 5.56 Å². The van der Waals surface area contributed by atoms with Gasteiger partial charge in [0.2, 0.25) is 0 Å². The molecule has 0 heterocycles. The van der Waals surface area contributed by atoms with Crippen LogP contribution < -0.4 is 10.1 Å². The van der Waals surface area contributed by atoms with Crippen LogP contribution in [0.3, 0.4) is 0 Å². The van der Waals surface area contributed by atoms with E-state index in [0.717, 1.165) is 6.54 Å². The van der Waals surface area contributed by atoms with E-state index < -0.39 is 5.82 Å². The maximum Gasteiger partial charge on any atom is 0.142 e. The van der Waals surface area contributed by atoms with Crippen LogP contribution >= 0.6 is 11.6 Å². The van der Waals surface area contributed by atoms with Crippen LogP contribution in [0.5, 0.6) is 5.75 Å². The molecule has 4 heteroatoms. The average molecular weight is 218 g/mol. The number of ether oxygens (including phenoxy) is 1. The predicted octanol–water partition coefficient (Wildman–Crippen LogP) is 2.25. The van der Waals surface area contributed by atoms with Gasteiger partial charge in [0.1, 0.15) is 11.6 Å². The van der Waals surface area contributed by atoms with Crippen molar-refractivity contribution in [3.63, 3.8) is 0 Å². The van der Waals surface area contributed by atoms with Crippen LogP contribution in [0.4, 0.5) is 4.39 Å². The van der Waals surface area contributed by atoms with Crippen molar-refractivity contribution in [1.82, 2.24) is 5.32 Å². The molecule has 0 spiro atoms. The summed E-state index contributed by atoms with van der Waals surface area (Å²) in [6.07, 6.45) is 0.649. The molecule has 0 aromatic heterocycles. The van der Waals surface area contributed by atoms with Crippen LogP contribution in [-0.4, -0.2) is 20.7 Å². The molecule has 0 atom stereocenters. The lowest BCUT2D eigenvalue weighted by molar-refractivity contribution is 0.408. The number of hydrogen-bond acceptors (Lipinski definition) is 2. The number of methoxy groups -OCH3 is 1. The van der Waals surface area contributed by atoms with E-state index in [2.05, 4.69) is 5.32 Å². The molecule has 1 rings (SSSR count). The van der Waals surface area contributed by atoms with Gasteiger partial charge >= 0.3 is 0 Å². The molecular formula is C10H13ClFNO. The maximum atomic E-state index is 13.1. The minimum absolute atomic E-state index is 0.152. The van der Waals surface area contributed by atoms with Gasteiger partial charge in [-0.1, -0.05) is 11.6 Å². The topological polar surface area (TPSA) is 21.3 Å². The molecule has 0 radical (unpaired) electrons. The summed E-state index contributed by atoms with van der Waals surface area (Å²) in [5.41, 5.74) is 0.712. The molecule has 0 amide bonds. The number of hydrogen-bond donors (Lipinski definition) is 1. The lowest BCUT2D eigenvalue weighted by Crippen LogP contribution is -2.11. The van der Waals surface area contributed by atoms with Crippen molar-refractivity contribution in [3.8, 4) is 5.75 Å². The number of benzene rings is 1. The summed E-state index contributed by atoms with van der Waals surface area (Å²) in [4.78, 5) is 0. The molecule has 0 fully saturated rings. The smallest absolute Gasteiger partial charge is 0.142 e. The second kappa shape index (κ2) is 5.17. The summed E-state index contributed by atoms with van der Waals surface area (Å²) in [6, 6.07) is 2.90. The van der Waals surface area contributed by atoms with Gasteiger partial charge in [0.15, 0.2) is 0 Å². The first-order valence-corrected chi connectivity index (χ1v) is 4.74. The van der Waals surface area contributed by atoms with Gasteiger partial charge in [-0.15, -0.1) is 0 Å². The van der Waals surface area contributed by atoms with Crippen LogP contribution in [0.2, 0.25) is 5.02 Å². The van der Waals surface area contributed by atoms with Crippen molar-refractivity contribution in [2.45, 2.75) is 6.42 Å². The van der Waals surface area contributed by atoms with Crippen LogP contribution in [0, 0.1) is 5.82 Å². The van der Waals surface area contributed by atoms with Crippen molar-refractivity contribution in [2.75, 3.05) is 20.7 Å². The standard InChI is InChI=1S/C10H13ClFNO/c1-13-6-5-7-9(14-2)4-3-8(12)10(7)11/h3-4,13H,5-6H2,1-2H3. The Labute approximate surface area is 88.0 Å². The van der Waals surface area contributed by atoms with Gasteiger partial charge in [-0.05, 0) is 32.1 Å². The predicted molar refractivity (Wildman–Crippen MR) is 55.6 cm³/mol. The summed E-state index contributed by atoms with van der Waals surface area (Å²) in [5, 5.41) is 3.13. The Hall–Kier alpha value is -0.800. The second-order valence-corrected chi connectivity index (χ2v) is 3.27. The Morgan fingerprint density at radius 2 is 2.21 bits per heavy atom. The first-order valence-electron chi connectivity index (χ1n) is 4.36. The number of nitrogens with one attached hydrogen (secondary N) is 1. The lowest BCUT2D eigenvalue weighted by atomic mass is 10.1. The highest BCUT2D eigenvalue weighted by atomic mass is 35.5. The number of halogens is 2. The van der Waals surface area contributed by atoms with Crippen molar-refractivity contribution in [2.24, 2.45) is 0 Å². The van der Waals surface area contributed by atoms with Crippen molar-refractivity contribution in [3.05, 3.63) is 28.5 Å².